The van der Waals surface area contributed by atoms with Crippen LogP contribution in [-0.4, -0.2) is 23.8 Å². The van der Waals surface area contributed by atoms with Crippen molar-refractivity contribution in [2.45, 2.75) is 58.5 Å². The van der Waals surface area contributed by atoms with E-state index in [0.29, 0.717) is 19.4 Å². The molecule has 3 nitrogen and oxygen atoms in total. The van der Waals surface area contributed by atoms with E-state index < -0.39 is 0 Å². The van der Waals surface area contributed by atoms with Gasteiger partial charge in [-0.2, -0.15) is 0 Å². The Kier molecular flexibility index (Phi) is 8.64. The van der Waals surface area contributed by atoms with E-state index in [9.17, 15) is 4.79 Å². The fourth-order valence-electron chi connectivity index (χ4n) is 1.11. The van der Waals surface area contributed by atoms with Gasteiger partial charge in [0, 0.05) is 12.8 Å². The Balaban J connectivity index is 3.20. The second-order valence-electron chi connectivity index (χ2n) is 3.67. The zero-order chi connectivity index (χ0) is 10.8. The van der Waals surface area contributed by atoms with Gasteiger partial charge in [0.05, 0.1) is 12.7 Å². The second kappa shape index (κ2) is 9.00. The summed E-state index contributed by atoms with van der Waals surface area (Å²) < 4.78 is 4.93. The number of carbonyl (C=O) groups excluding carboxylic acids is 1. The number of aliphatic hydroxyl groups excluding tert-OH is 1. The molecule has 14 heavy (non-hydrogen) atoms. The molecule has 0 amide bonds. The summed E-state index contributed by atoms with van der Waals surface area (Å²) in [6.45, 7) is 4.17. The number of aliphatic hydroxyl groups is 1. The van der Waals surface area contributed by atoms with Crippen LogP contribution in [0.2, 0.25) is 0 Å². The average Bonchev–Trinajstić information content (AvgIpc) is 2.12. The summed E-state index contributed by atoms with van der Waals surface area (Å²) in [5.41, 5.74) is 0. The SMILES string of the molecule is CCCCCCC(=O)OCC[C@@H](C)O. The molecular formula is C11H22O3. The summed E-state index contributed by atoms with van der Waals surface area (Å²) in [7, 11) is 0. The first-order valence-electron chi connectivity index (χ1n) is 5.50. The summed E-state index contributed by atoms with van der Waals surface area (Å²) in [5.74, 6) is -0.137. The van der Waals surface area contributed by atoms with Crippen LogP contribution in [0.1, 0.15) is 52.4 Å². The van der Waals surface area contributed by atoms with E-state index in [1.165, 1.54) is 12.8 Å². The highest BCUT2D eigenvalue weighted by atomic mass is 16.5. The smallest absolute Gasteiger partial charge is 0.305 e. The van der Waals surface area contributed by atoms with Crippen LogP contribution in [0, 0.1) is 0 Å². The molecule has 1 atom stereocenters. The first-order chi connectivity index (χ1) is 6.66. The van der Waals surface area contributed by atoms with Gasteiger partial charge in [-0.05, 0) is 13.3 Å². The molecule has 0 fully saturated rings. The molecular weight excluding hydrogens is 180 g/mol. The van der Waals surface area contributed by atoms with Crippen LogP contribution < -0.4 is 0 Å². The van der Waals surface area contributed by atoms with Crippen molar-refractivity contribution in [3.8, 4) is 0 Å². The van der Waals surface area contributed by atoms with E-state index >= 15 is 0 Å². The van der Waals surface area contributed by atoms with Crippen LogP contribution in [0.4, 0.5) is 0 Å². The summed E-state index contributed by atoms with van der Waals surface area (Å²) in [6, 6.07) is 0. The monoisotopic (exact) mass is 202 g/mol. The molecule has 84 valence electrons. The van der Waals surface area contributed by atoms with Gasteiger partial charge in [-0.15, -0.1) is 0 Å². The normalized spacial score (nSPS) is 12.5. The molecule has 0 spiro atoms. The van der Waals surface area contributed by atoms with Gasteiger partial charge in [-0.1, -0.05) is 26.2 Å². The van der Waals surface area contributed by atoms with Crippen molar-refractivity contribution < 1.29 is 14.6 Å². The van der Waals surface area contributed by atoms with Crippen molar-refractivity contribution >= 4 is 5.97 Å². The third kappa shape index (κ3) is 9.52. The molecule has 0 aliphatic rings. The molecule has 0 heterocycles. The maximum Gasteiger partial charge on any atom is 0.305 e. The van der Waals surface area contributed by atoms with Crippen LogP contribution in [0.5, 0.6) is 0 Å². The van der Waals surface area contributed by atoms with Gasteiger partial charge in [0.15, 0.2) is 0 Å². The van der Waals surface area contributed by atoms with Gasteiger partial charge >= 0.3 is 5.97 Å². The number of unbranched alkanes of at least 4 members (excludes halogenated alkanes) is 3. The lowest BCUT2D eigenvalue weighted by Crippen LogP contribution is -2.10. The van der Waals surface area contributed by atoms with Crippen molar-refractivity contribution in [2.75, 3.05) is 6.61 Å². The molecule has 1 N–H and O–H groups in total. The quantitative estimate of drug-likeness (QED) is 0.485. The molecule has 0 aromatic carbocycles. The van der Waals surface area contributed by atoms with E-state index in [4.69, 9.17) is 9.84 Å². The molecule has 0 saturated carbocycles. The van der Waals surface area contributed by atoms with Gasteiger partial charge in [0.1, 0.15) is 0 Å². The van der Waals surface area contributed by atoms with Crippen molar-refractivity contribution in [3.63, 3.8) is 0 Å². The van der Waals surface area contributed by atoms with Gasteiger partial charge in [0.25, 0.3) is 0 Å². The number of ether oxygens (including phenoxy) is 1. The lowest BCUT2D eigenvalue weighted by Gasteiger charge is -2.05. The number of rotatable bonds is 8. The third-order valence-corrected chi connectivity index (χ3v) is 2.03. The highest BCUT2D eigenvalue weighted by Gasteiger charge is 2.03. The van der Waals surface area contributed by atoms with Gasteiger partial charge in [-0.25, -0.2) is 0 Å². The Hall–Kier alpha value is -0.570. The van der Waals surface area contributed by atoms with Gasteiger partial charge in [-0.3, -0.25) is 4.79 Å². The van der Waals surface area contributed by atoms with E-state index in [1.54, 1.807) is 6.92 Å². The standard InChI is InChI=1S/C11H22O3/c1-3-4-5-6-7-11(13)14-9-8-10(2)12/h10,12H,3-9H2,1-2H3/t10-/m1/s1. The largest absolute Gasteiger partial charge is 0.466 e. The Morgan fingerprint density at radius 2 is 2.07 bits per heavy atom. The minimum atomic E-state index is -0.386. The molecule has 0 bridgehead atoms. The molecule has 0 aromatic rings. The first kappa shape index (κ1) is 13.4. The Bertz CT molecular complexity index is 143. The predicted octanol–water partition coefficient (Wildman–Crippen LogP) is 2.27. The minimum Gasteiger partial charge on any atom is -0.466 e. The minimum absolute atomic E-state index is 0.137. The fraction of sp³-hybridized carbons (Fsp3) is 0.909. The Morgan fingerprint density at radius 1 is 1.36 bits per heavy atom. The number of hydrogen-bond donors (Lipinski definition) is 1. The maximum absolute atomic E-state index is 11.1. The molecule has 0 unspecified atom stereocenters. The number of hydrogen-bond acceptors (Lipinski definition) is 3. The van der Waals surface area contributed by atoms with Gasteiger partial charge < -0.3 is 9.84 Å². The van der Waals surface area contributed by atoms with Crippen LogP contribution in [0.25, 0.3) is 0 Å². The van der Waals surface area contributed by atoms with Crippen LogP contribution >= 0.6 is 0 Å². The van der Waals surface area contributed by atoms with Crippen LogP contribution in [0.15, 0.2) is 0 Å². The molecule has 0 aliphatic carbocycles. The van der Waals surface area contributed by atoms with E-state index in [0.717, 1.165) is 12.8 Å². The van der Waals surface area contributed by atoms with Gasteiger partial charge in [0.2, 0.25) is 0 Å². The van der Waals surface area contributed by atoms with E-state index in [-0.39, 0.29) is 12.1 Å². The Labute approximate surface area is 86.5 Å². The zero-order valence-corrected chi connectivity index (χ0v) is 9.29. The van der Waals surface area contributed by atoms with E-state index in [2.05, 4.69) is 6.92 Å². The average molecular weight is 202 g/mol. The lowest BCUT2D eigenvalue weighted by atomic mass is 10.2. The van der Waals surface area contributed by atoms with Crippen molar-refractivity contribution in [2.24, 2.45) is 0 Å². The van der Waals surface area contributed by atoms with E-state index in [1.807, 2.05) is 0 Å². The summed E-state index contributed by atoms with van der Waals surface area (Å²) in [6.07, 6.45) is 5.03. The maximum atomic E-state index is 11.1. The zero-order valence-electron chi connectivity index (χ0n) is 9.29. The Morgan fingerprint density at radius 3 is 2.64 bits per heavy atom. The summed E-state index contributed by atoms with van der Waals surface area (Å²) >= 11 is 0. The van der Waals surface area contributed by atoms with Crippen molar-refractivity contribution in [3.05, 3.63) is 0 Å². The van der Waals surface area contributed by atoms with Crippen molar-refractivity contribution in [1.29, 1.82) is 0 Å². The molecule has 3 heteroatoms. The number of carbonyl (C=O) groups is 1. The molecule has 0 saturated heterocycles. The van der Waals surface area contributed by atoms with Crippen LogP contribution in [-0.2, 0) is 9.53 Å². The summed E-state index contributed by atoms with van der Waals surface area (Å²) in [5, 5.41) is 8.92. The highest BCUT2D eigenvalue weighted by Crippen LogP contribution is 2.03. The second-order valence-corrected chi connectivity index (χ2v) is 3.67. The predicted molar refractivity (Wildman–Crippen MR) is 56.0 cm³/mol. The lowest BCUT2D eigenvalue weighted by molar-refractivity contribution is -0.144. The van der Waals surface area contributed by atoms with Crippen molar-refractivity contribution in [1.82, 2.24) is 0 Å². The summed E-state index contributed by atoms with van der Waals surface area (Å²) in [4.78, 5) is 11.1. The molecule has 0 aliphatic heterocycles. The third-order valence-electron chi connectivity index (χ3n) is 2.03. The number of esters is 1. The molecule has 0 rings (SSSR count). The van der Waals surface area contributed by atoms with Crippen LogP contribution in [0.3, 0.4) is 0 Å². The topological polar surface area (TPSA) is 46.5 Å². The molecule has 0 aromatic heterocycles. The highest BCUT2D eigenvalue weighted by molar-refractivity contribution is 5.69. The molecule has 0 radical (unpaired) electrons. The fourth-order valence-corrected chi connectivity index (χ4v) is 1.11. The first-order valence-corrected chi connectivity index (χ1v) is 5.50.